The van der Waals surface area contributed by atoms with Crippen molar-refractivity contribution in [3.63, 3.8) is 0 Å². The van der Waals surface area contributed by atoms with Gasteiger partial charge in [-0.3, -0.25) is 0 Å². The summed E-state index contributed by atoms with van der Waals surface area (Å²) >= 11 is 0. The van der Waals surface area contributed by atoms with Gasteiger partial charge in [-0.2, -0.15) is 0 Å². The molecule has 0 aromatic carbocycles. The van der Waals surface area contributed by atoms with Crippen molar-refractivity contribution >= 4 is 17.9 Å². The van der Waals surface area contributed by atoms with Gasteiger partial charge in [0, 0.05) is 0 Å². The summed E-state index contributed by atoms with van der Waals surface area (Å²) in [5.74, 6) is -3.30. The average molecular weight is 476 g/mol. The van der Waals surface area contributed by atoms with Crippen molar-refractivity contribution in [3.05, 3.63) is 36.5 Å². The number of unbranched alkanes of at least 4 members (excludes halogenated alkanes) is 9. The molecule has 0 aromatic rings. The summed E-state index contributed by atoms with van der Waals surface area (Å²) in [4.78, 5) is 29.5. The van der Waals surface area contributed by atoms with Crippen molar-refractivity contribution in [1.29, 1.82) is 0 Å². The molecule has 0 heterocycles. The van der Waals surface area contributed by atoms with Gasteiger partial charge in [-0.05, 0) is 56.8 Å². The van der Waals surface area contributed by atoms with Crippen LogP contribution in [-0.4, -0.2) is 17.9 Å². The summed E-state index contributed by atoms with van der Waals surface area (Å²) in [6, 6.07) is 0. The maximum Gasteiger partial charge on any atom is 3.00 e. The van der Waals surface area contributed by atoms with E-state index in [2.05, 4.69) is 20.8 Å². The van der Waals surface area contributed by atoms with Gasteiger partial charge < -0.3 is 29.7 Å². The van der Waals surface area contributed by atoms with Gasteiger partial charge in [-0.15, -0.1) is 0 Å². The zero-order valence-electron chi connectivity index (χ0n) is 19.3. The van der Waals surface area contributed by atoms with Gasteiger partial charge in [0.1, 0.15) is 0 Å². The summed E-state index contributed by atoms with van der Waals surface area (Å²) in [5.41, 5.74) is 0. The molecule has 0 saturated carbocycles. The Hall–Kier alpha value is -1.84. The largest absolute Gasteiger partial charge is 3.00 e. The normalized spacial score (nSPS) is 10.2. The topological polar surface area (TPSA) is 120 Å². The van der Waals surface area contributed by atoms with E-state index in [4.69, 9.17) is 0 Å². The number of allylic oxidation sites excluding steroid dienone is 3. The fourth-order valence-corrected chi connectivity index (χ4v) is 2.08. The first-order valence-electron chi connectivity index (χ1n) is 10.9. The van der Waals surface area contributed by atoms with E-state index in [1.54, 1.807) is 18.2 Å². The summed E-state index contributed by atoms with van der Waals surface area (Å²) in [7, 11) is 0. The van der Waals surface area contributed by atoms with E-state index in [1.807, 2.05) is 0 Å². The molecule has 0 atom stereocenters. The zero-order valence-corrected chi connectivity index (χ0v) is 20.6. The number of rotatable bonds is 15. The Balaban J connectivity index is -0.000000174. The van der Waals surface area contributed by atoms with Crippen LogP contribution in [0.25, 0.3) is 0 Å². The molecule has 0 rings (SSSR count). The predicted molar refractivity (Wildman–Crippen MR) is 115 cm³/mol. The number of aliphatic carboxylic acids is 3. The van der Waals surface area contributed by atoms with Crippen LogP contribution in [0, 0.1) is 0 Å². The van der Waals surface area contributed by atoms with Gasteiger partial charge in [0.15, 0.2) is 0 Å². The van der Waals surface area contributed by atoms with E-state index in [0.29, 0.717) is 0 Å². The average Bonchev–Trinajstić information content (AvgIpc) is 2.68. The molecule has 0 amide bonds. The number of hydrogen-bond acceptors (Lipinski definition) is 6. The van der Waals surface area contributed by atoms with E-state index in [0.717, 1.165) is 76.0 Å². The minimum Gasteiger partial charge on any atom is -0.545 e. The first-order chi connectivity index (χ1) is 14.3. The predicted octanol–water partition coefficient (Wildman–Crippen LogP) is 2.62. The smallest absolute Gasteiger partial charge is 0.545 e. The molecule has 0 unspecified atom stereocenters. The van der Waals surface area contributed by atoms with Crippen LogP contribution in [0.5, 0.6) is 0 Å². The minimum atomic E-state index is -1.10. The second-order valence-electron chi connectivity index (χ2n) is 6.65. The molecule has 6 nitrogen and oxygen atoms in total. The Morgan fingerprint density at radius 1 is 0.516 bits per heavy atom. The molecule has 0 aromatic heterocycles. The molecule has 0 fully saturated rings. The summed E-state index contributed by atoms with van der Waals surface area (Å²) in [6.07, 6.45) is 21.0. The number of carbonyl (C=O) groups excluding carboxylic acids is 3. The Morgan fingerprint density at radius 2 is 0.742 bits per heavy atom. The van der Waals surface area contributed by atoms with E-state index >= 15 is 0 Å². The fraction of sp³-hybridized carbons (Fsp3) is 0.625. The molecule has 7 heteroatoms. The molecule has 0 N–H and O–H groups in total. The van der Waals surface area contributed by atoms with Crippen molar-refractivity contribution < 1.29 is 47.1 Å². The summed E-state index contributed by atoms with van der Waals surface area (Å²) < 4.78 is 0. The van der Waals surface area contributed by atoms with Crippen molar-refractivity contribution in [1.82, 2.24) is 0 Å². The number of carboxylic acid groups (broad SMARTS) is 3. The van der Waals surface area contributed by atoms with E-state index < -0.39 is 17.9 Å². The third-order valence-electron chi connectivity index (χ3n) is 3.68. The van der Waals surface area contributed by atoms with Crippen molar-refractivity contribution in [2.24, 2.45) is 0 Å². The second-order valence-corrected chi connectivity index (χ2v) is 6.65. The Morgan fingerprint density at radius 3 is 0.903 bits per heavy atom. The fourth-order valence-electron chi connectivity index (χ4n) is 2.08. The Labute approximate surface area is 199 Å². The quantitative estimate of drug-likeness (QED) is 0.265. The molecule has 31 heavy (non-hydrogen) atoms. The summed E-state index contributed by atoms with van der Waals surface area (Å²) in [5, 5.41) is 29.5. The minimum absolute atomic E-state index is 0. The SMILES string of the molecule is CCCCCC=CC(=O)[O-].CCCCCC=CC(=O)[O-].CCCCCC=CC(=O)[O-].[Cr+3]. The maximum absolute atomic E-state index is 9.83. The number of hydrogen-bond donors (Lipinski definition) is 0. The van der Waals surface area contributed by atoms with Crippen molar-refractivity contribution in [3.8, 4) is 0 Å². The van der Waals surface area contributed by atoms with E-state index in [9.17, 15) is 29.7 Å². The molecule has 0 bridgehead atoms. The number of carboxylic acids is 3. The first kappa shape index (κ1) is 36.5. The zero-order chi connectivity index (χ0) is 23.5. The van der Waals surface area contributed by atoms with Crippen molar-refractivity contribution in [2.45, 2.75) is 97.8 Å². The van der Waals surface area contributed by atoms with Gasteiger partial charge in [0.05, 0.1) is 17.9 Å². The molecule has 1 radical (unpaired) electrons. The molecule has 0 aliphatic carbocycles. The summed E-state index contributed by atoms with van der Waals surface area (Å²) in [6.45, 7) is 6.34. The van der Waals surface area contributed by atoms with Crippen LogP contribution in [0.15, 0.2) is 36.5 Å². The second kappa shape index (κ2) is 32.8. The van der Waals surface area contributed by atoms with Crippen molar-refractivity contribution in [2.75, 3.05) is 0 Å². The van der Waals surface area contributed by atoms with Gasteiger partial charge in [-0.25, -0.2) is 0 Å². The monoisotopic (exact) mass is 475 g/mol. The third kappa shape index (κ3) is 52.5. The Bertz CT molecular complexity index is 427. The van der Waals surface area contributed by atoms with Crippen LogP contribution in [0.1, 0.15) is 97.8 Å². The molecule has 0 aliphatic heterocycles. The molecular formula is C24H39CrO6. The standard InChI is InChI=1S/3C8H14O2.Cr/c3*1-2-3-4-5-6-7-8(9)10;/h3*6-7H,2-5H2,1H3,(H,9,10);/q;;;+3/p-3. The van der Waals surface area contributed by atoms with E-state index in [1.165, 1.54) is 19.3 Å². The Kier molecular flexibility index (Phi) is 38.7. The molecule has 177 valence electrons. The van der Waals surface area contributed by atoms with E-state index in [-0.39, 0.29) is 17.4 Å². The maximum atomic E-state index is 9.83. The van der Waals surface area contributed by atoms with Gasteiger partial charge >= 0.3 is 17.4 Å². The molecule has 0 spiro atoms. The van der Waals surface area contributed by atoms with Crippen LogP contribution in [0.3, 0.4) is 0 Å². The molecule has 0 aliphatic rings. The van der Waals surface area contributed by atoms with Crippen LogP contribution in [0.2, 0.25) is 0 Å². The van der Waals surface area contributed by atoms with Crippen LogP contribution in [0.4, 0.5) is 0 Å². The van der Waals surface area contributed by atoms with Gasteiger partial charge in [-0.1, -0.05) is 77.5 Å². The third-order valence-corrected chi connectivity index (χ3v) is 3.68. The molecular weight excluding hydrogens is 436 g/mol. The molecule has 0 saturated heterocycles. The van der Waals surface area contributed by atoms with Gasteiger partial charge in [0.2, 0.25) is 0 Å². The first-order valence-corrected chi connectivity index (χ1v) is 10.9. The van der Waals surface area contributed by atoms with Crippen LogP contribution >= 0.6 is 0 Å². The number of carbonyl (C=O) groups is 3. The van der Waals surface area contributed by atoms with Crippen LogP contribution < -0.4 is 15.3 Å². The van der Waals surface area contributed by atoms with Crippen LogP contribution in [-0.2, 0) is 31.7 Å². The van der Waals surface area contributed by atoms with Gasteiger partial charge in [0.25, 0.3) is 0 Å².